The van der Waals surface area contributed by atoms with Gasteiger partial charge in [0, 0.05) is 55.9 Å². The van der Waals surface area contributed by atoms with Crippen LogP contribution >= 0.6 is 11.3 Å². The first kappa shape index (κ1) is 14.8. The Kier molecular flexibility index (Phi) is 4.85. The quantitative estimate of drug-likeness (QED) is 0.204. The van der Waals surface area contributed by atoms with Crippen LogP contribution in [0.3, 0.4) is 0 Å². The van der Waals surface area contributed by atoms with Crippen LogP contribution in [0.2, 0.25) is 0 Å². The summed E-state index contributed by atoms with van der Waals surface area (Å²) in [5.74, 6) is -0.830. The molecule has 0 N–H and O–H groups in total. The van der Waals surface area contributed by atoms with Crippen LogP contribution in [-0.2, 0) is 20.1 Å². The SMILES string of the molecule is [2H]C1=C(c2nc([2H])c(C([2H])([2H])[2H])c([2H])c2[2H])[CH-]C([2H])C([2H])=C1[2H].[2H]c1c(C2([2H])CCCCC2)cnc(C2=c3sc4nc(C([2H])([2H])[2H])ccc4c3=CC[CH-]2)c1[2H].[Ir]. The first-order chi connectivity index (χ1) is 25.7. The van der Waals surface area contributed by atoms with Crippen molar-refractivity contribution < 1.29 is 42.0 Å². The van der Waals surface area contributed by atoms with Crippen molar-refractivity contribution in [2.75, 3.05) is 0 Å². The van der Waals surface area contributed by atoms with E-state index in [0.29, 0.717) is 35.4 Å². The number of aryl methyl sites for hydroxylation is 1. The molecule has 3 aliphatic carbocycles. The molecule has 0 saturated heterocycles. The number of aromatic nitrogens is 3. The van der Waals surface area contributed by atoms with Crippen LogP contribution in [-0.4, -0.2) is 15.0 Å². The van der Waals surface area contributed by atoms with Crippen molar-refractivity contribution in [3.8, 4) is 0 Å². The number of rotatable bonds is 3. The minimum absolute atomic E-state index is 0. The second-order valence-corrected chi connectivity index (χ2v) is 10.2. The third-order valence-electron chi connectivity index (χ3n) is 6.66. The number of fused-ring (bicyclic) bond motifs is 3. The van der Waals surface area contributed by atoms with Gasteiger partial charge in [0.05, 0.1) is 8.22 Å². The summed E-state index contributed by atoms with van der Waals surface area (Å²) in [6.07, 6.45) is 10.0. The van der Waals surface area contributed by atoms with Crippen molar-refractivity contribution in [3.05, 3.63) is 118 Å². The molecule has 0 aromatic carbocycles. The van der Waals surface area contributed by atoms with Crippen LogP contribution in [0.4, 0.5) is 0 Å². The predicted molar refractivity (Wildman–Crippen MR) is 165 cm³/mol. The van der Waals surface area contributed by atoms with Gasteiger partial charge in [-0.2, -0.15) is 35.8 Å². The molecule has 0 amide bonds. The van der Waals surface area contributed by atoms with Crippen LogP contribution in [0.5, 0.6) is 0 Å². The van der Waals surface area contributed by atoms with Crippen LogP contribution < -0.4 is 9.75 Å². The Balaban J connectivity index is 0.000000223. The Bertz CT molecular complexity index is 2390. The smallest absolute Gasteiger partial charge is 0.111 e. The normalized spacial score (nSPS) is 26.1. The third kappa shape index (κ3) is 6.33. The Morgan fingerprint density at radius 3 is 2.83 bits per heavy atom. The summed E-state index contributed by atoms with van der Waals surface area (Å²) in [5.41, 5.74) is 0.778. The predicted octanol–water partition coefficient (Wildman–Crippen LogP) is 7.57. The van der Waals surface area contributed by atoms with Gasteiger partial charge in [-0.1, -0.05) is 78.1 Å². The number of nitrogens with zero attached hydrogens (tertiary/aromatic N) is 3. The molecule has 1 atom stereocenters. The Labute approximate surface area is 277 Å². The van der Waals surface area contributed by atoms with E-state index in [1.165, 1.54) is 11.3 Å². The maximum absolute atomic E-state index is 8.86. The summed E-state index contributed by atoms with van der Waals surface area (Å²) < 4.78 is 126. The molecule has 1 saturated carbocycles. The minimum Gasteiger partial charge on any atom is -0.320 e. The van der Waals surface area contributed by atoms with Crippen LogP contribution in [0.25, 0.3) is 27.4 Å². The van der Waals surface area contributed by atoms with Gasteiger partial charge in [-0.3, -0.25) is 0 Å². The molecule has 1 radical (unpaired) electrons. The second kappa shape index (κ2) is 13.1. The second-order valence-electron chi connectivity index (χ2n) is 9.22. The molecule has 3 nitrogen and oxygen atoms in total. The first-order valence-electron chi connectivity index (χ1n) is 20.8. The topological polar surface area (TPSA) is 38.7 Å². The standard InChI is InChI=1S/C23H23N2S.C12H12N.Ir/c1-15-10-12-19-18-8-5-9-20(22(18)26-23(19)25-15)21-13-11-17(14-24-21)16-6-3-2-4-7-16;1-10-7-8-12(13-9-10)11-5-3-2-4-6-11;/h8-14,16H,2-7H2,1H3;2-3,5-9H,4H2,1H3;/q2*-1;/i1D3,11D,13D,16D;1D3,2D,3D,4D,5D,7D,8D,9D;. The molecule has 40 heavy (non-hydrogen) atoms. The molecule has 1 unspecified atom stereocenters. The molecule has 4 aromatic rings. The van der Waals surface area contributed by atoms with E-state index in [1.807, 2.05) is 6.42 Å². The molecule has 3 aliphatic rings. The molecule has 4 heterocycles. The number of pyridine rings is 3. The van der Waals surface area contributed by atoms with E-state index in [4.69, 9.17) is 21.9 Å². The van der Waals surface area contributed by atoms with E-state index >= 15 is 0 Å². The molecule has 1 fully saturated rings. The molecule has 7 rings (SSSR count). The van der Waals surface area contributed by atoms with Crippen molar-refractivity contribution in [2.45, 2.75) is 64.5 Å². The molecule has 4 aromatic heterocycles. The zero-order valence-corrected chi connectivity index (χ0v) is 24.6. The molecule has 207 valence electrons. The summed E-state index contributed by atoms with van der Waals surface area (Å²) in [6, 6.07) is 0.902. The van der Waals surface area contributed by atoms with E-state index in [1.54, 1.807) is 18.3 Å². The van der Waals surface area contributed by atoms with Crippen LogP contribution in [0, 0.1) is 26.5 Å². The van der Waals surface area contributed by atoms with E-state index in [-0.39, 0.29) is 55.2 Å². The van der Waals surface area contributed by atoms with Crippen molar-refractivity contribution in [2.24, 2.45) is 0 Å². The molecule has 0 spiro atoms. The molecular weight excluding hydrogens is 687 g/mol. The Morgan fingerprint density at radius 2 is 1.95 bits per heavy atom. The zero-order valence-electron chi connectivity index (χ0n) is 37.4. The molecule has 0 aliphatic heterocycles. The number of allylic oxidation sites excluding steroid dienone is 4. The maximum Gasteiger partial charge on any atom is 0.111 e. The molecule has 5 heteroatoms. The average molecular weight is 738 g/mol. The van der Waals surface area contributed by atoms with Gasteiger partial charge in [0.2, 0.25) is 0 Å². The van der Waals surface area contributed by atoms with E-state index in [9.17, 15) is 0 Å². The summed E-state index contributed by atoms with van der Waals surface area (Å²) in [6.45, 7) is -5.03. The number of hydrogen-bond donors (Lipinski definition) is 0. The van der Waals surface area contributed by atoms with Gasteiger partial charge in [0.15, 0.2) is 0 Å². The van der Waals surface area contributed by atoms with Gasteiger partial charge in [-0.05, 0) is 62.4 Å². The monoisotopic (exact) mass is 738 g/mol. The molecular formula is C35H35IrN3S-2. The van der Waals surface area contributed by atoms with Gasteiger partial charge >= 0.3 is 0 Å². The summed E-state index contributed by atoms with van der Waals surface area (Å²) in [5, 5.41) is 1.87. The van der Waals surface area contributed by atoms with Gasteiger partial charge in [-0.25, -0.2) is 4.98 Å². The van der Waals surface area contributed by atoms with Crippen molar-refractivity contribution >= 4 is 38.8 Å². The van der Waals surface area contributed by atoms with Gasteiger partial charge in [0.1, 0.15) is 4.83 Å². The fourth-order valence-electron chi connectivity index (χ4n) is 4.74. The van der Waals surface area contributed by atoms with E-state index in [2.05, 4.69) is 21.0 Å². The maximum atomic E-state index is 8.86. The molecule has 0 bridgehead atoms. The van der Waals surface area contributed by atoms with E-state index in [0.717, 1.165) is 46.4 Å². The van der Waals surface area contributed by atoms with Crippen LogP contribution in [0.15, 0.2) is 66.8 Å². The first-order valence-corrected chi connectivity index (χ1v) is 13.6. The Morgan fingerprint density at radius 1 is 1.05 bits per heavy atom. The number of hydrogen-bond acceptors (Lipinski definition) is 4. The summed E-state index contributed by atoms with van der Waals surface area (Å²) in [4.78, 5) is 13.3. The van der Waals surface area contributed by atoms with Crippen molar-refractivity contribution in [1.29, 1.82) is 0 Å². The zero-order chi connectivity index (χ0) is 40.4. The summed E-state index contributed by atoms with van der Waals surface area (Å²) >= 11 is 1.40. The third-order valence-corrected chi connectivity index (χ3v) is 7.81. The van der Waals surface area contributed by atoms with Crippen molar-refractivity contribution in [3.63, 3.8) is 0 Å². The van der Waals surface area contributed by atoms with Gasteiger partial charge in [-0.15, -0.1) is 17.7 Å². The Hall–Kier alpha value is -2.98. The van der Waals surface area contributed by atoms with E-state index < -0.39 is 61.9 Å². The number of thiophene rings is 1. The van der Waals surface area contributed by atoms with Crippen LogP contribution in [0.1, 0.15) is 101 Å². The fourth-order valence-corrected chi connectivity index (χ4v) is 5.96. The average Bonchev–Trinajstić information content (AvgIpc) is 3.50. The van der Waals surface area contributed by atoms with Crippen molar-refractivity contribution in [1.82, 2.24) is 15.0 Å². The summed E-state index contributed by atoms with van der Waals surface area (Å²) in [7, 11) is 0. The van der Waals surface area contributed by atoms with Gasteiger partial charge in [0.25, 0.3) is 0 Å². The van der Waals surface area contributed by atoms with Gasteiger partial charge < -0.3 is 9.97 Å². The minimum atomic E-state index is -2.77. The fraction of sp³-hybridized carbons (Fsp3) is 0.286. The largest absolute Gasteiger partial charge is 0.320 e.